The Morgan fingerprint density at radius 3 is 2.94 bits per heavy atom. The van der Waals surface area contributed by atoms with Gasteiger partial charge in [0.1, 0.15) is 0 Å². The average molecular weight is 238 g/mol. The molecule has 1 aromatic carbocycles. The Balaban J connectivity index is 1.54. The van der Waals surface area contributed by atoms with E-state index in [0.717, 1.165) is 18.8 Å². The molecule has 0 fully saturated rings. The van der Waals surface area contributed by atoms with Gasteiger partial charge >= 0.3 is 0 Å². The van der Waals surface area contributed by atoms with Crippen LogP contribution in [0.25, 0.3) is 0 Å². The summed E-state index contributed by atoms with van der Waals surface area (Å²) in [6.45, 7) is 4.03. The minimum Gasteiger partial charge on any atom is -0.311 e. The van der Waals surface area contributed by atoms with Crippen LogP contribution in [0.3, 0.4) is 0 Å². The summed E-state index contributed by atoms with van der Waals surface area (Å²) in [6.07, 6.45) is 3.08. The molecule has 1 aliphatic rings. The van der Waals surface area contributed by atoms with Crippen LogP contribution in [0.5, 0.6) is 0 Å². The number of aromatic nitrogens is 1. The highest BCUT2D eigenvalue weighted by atomic mass is 14.9. The lowest BCUT2D eigenvalue weighted by Gasteiger charge is -2.30. The number of benzene rings is 1. The lowest BCUT2D eigenvalue weighted by atomic mass is 9.77. The quantitative estimate of drug-likeness (QED) is 0.886. The zero-order chi connectivity index (χ0) is 12.4. The van der Waals surface area contributed by atoms with E-state index in [1.54, 1.807) is 0 Å². The van der Waals surface area contributed by atoms with Gasteiger partial charge in [0.25, 0.3) is 0 Å². The van der Waals surface area contributed by atoms with E-state index in [1.807, 2.05) is 12.3 Å². The Morgan fingerprint density at radius 1 is 1.22 bits per heavy atom. The summed E-state index contributed by atoms with van der Waals surface area (Å²) in [5.41, 5.74) is 5.45. The van der Waals surface area contributed by atoms with Crippen LogP contribution in [0.2, 0.25) is 0 Å². The van der Waals surface area contributed by atoms with Crippen LogP contribution in [0.15, 0.2) is 42.6 Å². The molecule has 0 saturated heterocycles. The van der Waals surface area contributed by atoms with Crippen LogP contribution in [-0.4, -0.2) is 11.5 Å². The van der Waals surface area contributed by atoms with E-state index in [9.17, 15) is 0 Å². The van der Waals surface area contributed by atoms with Gasteiger partial charge < -0.3 is 5.32 Å². The second-order valence-corrected chi connectivity index (χ2v) is 5.00. The van der Waals surface area contributed by atoms with E-state index in [-0.39, 0.29) is 0 Å². The predicted molar refractivity (Wildman–Crippen MR) is 73.6 cm³/mol. The van der Waals surface area contributed by atoms with Crippen molar-refractivity contribution in [1.29, 1.82) is 0 Å². The van der Waals surface area contributed by atoms with Crippen molar-refractivity contribution in [3.8, 4) is 0 Å². The van der Waals surface area contributed by atoms with Gasteiger partial charge in [-0.05, 0) is 36.1 Å². The van der Waals surface area contributed by atoms with Crippen LogP contribution in [0, 0.1) is 6.92 Å². The van der Waals surface area contributed by atoms with Crippen LogP contribution < -0.4 is 5.32 Å². The lowest BCUT2D eigenvalue weighted by Crippen LogP contribution is -2.29. The third-order valence-corrected chi connectivity index (χ3v) is 3.76. The Bertz CT molecular complexity index is 548. The number of hydrogen-bond donors (Lipinski definition) is 1. The van der Waals surface area contributed by atoms with E-state index in [4.69, 9.17) is 0 Å². The van der Waals surface area contributed by atoms with Gasteiger partial charge in [-0.15, -0.1) is 0 Å². The van der Waals surface area contributed by atoms with Crippen molar-refractivity contribution in [3.05, 3.63) is 65.0 Å². The van der Waals surface area contributed by atoms with Crippen molar-refractivity contribution in [2.24, 2.45) is 0 Å². The van der Waals surface area contributed by atoms with Gasteiger partial charge in [-0.2, -0.15) is 0 Å². The fourth-order valence-electron chi connectivity index (χ4n) is 2.61. The maximum absolute atomic E-state index is 4.40. The smallest absolute Gasteiger partial charge is 0.0570 e. The summed E-state index contributed by atoms with van der Waals surface area (Å²) >= 11 is 0. The van der Waals surface area contributed by atoms with Gasteiger partial charge in [0.05, 0.1) is 5.69 Å². The van der Waals surface area contributed by atoms with Crippen LogP contribution in [0.1, 0.15) is 28.3 Å². The molecule has 1 unspecified atom stereocenters. The molecule has 3 rings (SSSR count). The number of pyridine rings is 1. The molecule has 0 bridgehead atoms. The van der Waals surface area contributed by atoms with Crippen LogP contribution in [-0.2, 0) is 13.0 Å². The fraction of sp³-hybridized carbons (Fsp3) is 0.312. The van der Waals surface area contributed by atoms with Crippen molar-refractivity contribution in [1.82, 2.24) is 10.3 Å². The highest BCUT2D eigenvalue weighted by Gasteiger charge is 2.24. The maximum atomic E-state index is 4.40. The summed E-state index contributed by atoms with van der Waals surface area (Å²) in [4.78, 5) is 4.40. The minimum absolute atomic E-state index is 0.685. The third-order valence-electron chi connectivity index (χ3n) is 3.76. The Morgan fingerprint density at radius 2 is 2.11 bits per heavy atom. The molecule has 0 radical (unpaired) electrons. The number of hydrogen-bond acceptors (Lipinski definition) is 2. The number of aryl methyl sites for hydroxylation is 1. The Hall–Kier alpha value is -1.67. The molecule has 2 heteroatoms. The van der Waals surface area contributed by atoms with E-state index in [0.29, 0.717) is 5.92 Å². The van der Waals surface area contributed by atoms with Gasteiger partial charge in [0, 0.05) is 25.2 Å². The van der Waals surface area contributed by atoms with Crippen molar-refractivity contribution in [2.75, 3.05) is 6.54 Å². The van der Waals surface area contributed by atoms with E-state index >= 15 is 0 Å². The molecule has 1 heterocycles. The van der Waals surface area contributed by atoms with E-state index in [2.05, 4.69) is 47.6 Å². The number of fused-ring (bicyclic) bond motifs is 1. The second-order valence-electron chi connectivity index (χ2n) is 5.00. The maximum Gasteiger partial charge on any atom is 0.0570 e. The van der Waals surface area contributed by atoms with E-state index in [1.165, 1.54) is 23.1 Å². The molecular weight excluding hydrogens is 220 g/mol. The molecule has 0 amide bonds. The minimum atomic E-state index is 0.685. The predicted octanol–water partition coefficient (Wildman–Crippen LogP) is 2.82. The average Bonchev–Trinajstić information content (AvgIpc) is 2.37. The standard InChI is InChI=1S/C16H18N2/c1-12-5-4-8-18-16(12)11-17-10-14-9-13-6-2-3-7-15(13)14/h2-8,14,17H,9-11H2,1H3. The van der Waals surface area contributed by atoms with Crippen molar-refractivity contribution in [2.45, 2.75) is 25.8 Å². The number of nitrogens with one attached hydrogen (secondary N) is 1. The molecule has 1 atom stereocenters. The van der Waals surface area contributed by atoms with Crippen molar-refractivity contribution in [3.63, 3.8) is 0 Å². The number of rotatable bonds is 4. The normalized spacial score (nSPS) is 17.1. The highest BCUT2D eigenvalue weighted by molar-refractivity contribution is 5.40. The summed E-state index contributed by atoms with van der Waals surface area (Å²) in [5, 5.41) is 3.52. The topological polar surface area (TPSA) is 24.9 Å². The third kappa shape index (κ3) is 2.16. The second kappa shape index (κ2) is 4.91. The molecule has 0 aliphatic heterocycles. The SMILES string of the molecule is Cc1cccnc1CNCC1Cc2ccccc21. The van der Waals surface area contributed by atoms with E-state index < -0.39 is 0 Å². The molecule has 2 nitrogen and oxygen atoms in total. The molecule has 1 aliphatic carbocycles. The Kier molecular flexibility index (Phi) is 3.11. The Labute approximate surface area is 108 Å². The first-order valence-electron chi connectivity index (χ1n) is 6.53. The van der Waals surface area contributed by atoms with Crippen LogP contribution >= 0.6 is 0 Å². The van der Waals surface area contributed by atoms with Crippen molar-refractivity contribution < 1.29 is 0 Å². The first kappa shape index (κ1) is 11.4. The molecule has 92 valence electrons. The summed E-state index contributed by atoms with van der Waals surface area (Å²) in [7, 11) is 0. The molecule has 1 aromatic heterocycles. The van der Waals surface area contributed by atoms with Gasteiger partial charge in [-0.1, -0.05) is 30.3 Å². The van der Waals surface area contributed by atoms with Crippen LogP contribution in [0.4, 0.5) is 0 Å². The van der Waals surface area contributed by atoms with Gasteiger partial charge in [0.2, 0.25) is 0 Å². The molecule has 1 N–H and O–H groups in total. The molecule has 0 spiro atoms. The van der Waals surface area contributed by atoms with Gasteiger partial charge in [-0.25, -0.2) is 0 Å². The monoisotopic (exact) mass is 238 g/mol. The zero-order valence-electron chi connectivity index (χ0n) is 10.7. The first-order valence-corrected chi connectivity index (χ1v) is 6.53. The molecule has 18 heavy (non-hydrogen) atoms. The summed E-state index contributed by atoms with van der Waals surface area (Å²) in [5.74, 6) is 0.685. The highest BCUT2D eigenvalue weighted by Crippen LogP contribution is 2.33. The largest absolute Gasteiger partial charge is 0.311 e. The molecule has 0 saturated carbocycles. The molecular formula is C16H18N2. The summed E-state index contributed by atoms with van der Waals surface area (Å²) in [6, 6.07) is 12.8. The van der Waals surface area contributed by atoms with Gasteiger partial charge in [0.15, 0.2) is 0 Å². The number of nitrogens with zero attached hydrogens (tertiary/aromatic N) is 1. The van der Waals surface area contributed by atoms with Gasteiger partial charge in [-0.3, -0.25) is 4.98 Å². The molecule has 2 aromatic rings. The lowest BCUT2D eigenvalue weighted by molar-refractivity contribution is 0.532. The van der Waals surface area contributed by atoms with Crippen molar-refractivity contribution >= 4 is 0 Å². The summed E-state index contributed by atoms with van der Waals surface area (Å²) < 4.78 is 0. The fourth-order valence-corrected chi connectivity index (χ4v) is 2.61. The zero-order valence-corrected chi connectivity index (χ0v) is 10.7. The first-order chi connectivity index (χ1) is 8.84.